The lowest BCUT2D eigenvalue weighted by molar-refractivity contribution is -0.157. The van der Waals surface area contributed by atoms with Crippen LogP contribution in [0, 0.1) is 18.8 Å². The summed E-state index contributed by atoms with van der Waals surface area (Å²) in [7, 11) is 1.40. The third kappa shape index (κ3) is 6.56. The monoisotopic (exact) mass is 469 g/mol. The van der Waals surface area contributed by atoms with Gasteiger partial charge in [-0.15, -0.1) is 0 Å². The van der Waals surface area contributed by atoms with Crippen molar-refractivity contribution in [3.05, 3.63) is 47.8 Å². The molecule has 0 unspecified atom stereocenters. The molecule has 8 nitrogen and oxygen atoms in total. The van der Waals surface area contributed by atoms with Gasteiger partial charge in [0.1, 0.15) is 18.0 Å². The van der Waals surface area contributed by atoms with Gasteiger partial charge in [-0.2, -0.15) is 0 Å². The number of carbonyl (C=O) groups excluding carboxylic acids is 3. The van der Waals surface area contributed by atoms with Crippen LogP contribution in [0.4, 0.5) is 0 Å². The van der Waals surface area contributed by atoms with Crippen molar-refractivity contribution in [3.63, 3.8) is 0 Å². The molecular formula is C26H31NO7. The van der Waals surface area contributed by atoms with E-state index in [4.69, 9.17) is 18.9 Å². The van der Waals surface area contributed by atoms with Crippen LogP contribution < -0.4 is 14.2 Å². The summed E-state index contributed by atoms with van der Waals surface area (Å²) >= 11 is 0. The average Bonchev–Trinajstić information content (AvgIpc) is 3.63. The molecule has 1 heterocycles. The molecular weight excluding hydrogens is 438 g/mol. The van der Waals surface area contributed by atoms with Crippen LogP contribution in [-0.4, -0.2) is 42.0 Å². The Bertz CT molecular complexity index is 1030. The number of Topliss-reactive ketones (excluding diaryl/α,β-unsaturated/α-hetero) is 1. The molecule has 182 valence electrons. The molecule has 34 heavy (non-hydrogen) atoms. The Kier molecular flexibility index (Phi) is 8.26. The van der Waals surface area contributed by atoms with Gasteiger partial charge in [-0.1, -0.05) is 24.6 Å². The minimum absolute atomic E-state index is 0.0586. The predicted octanol–water partition coefficient (Wildman–Crippen LogP) is 4.32. The second-order valence-corrected chi connectivity index (χ2v) is 8.69. The Morgan fingerprint density at radius 2 is 1.76 bits per heavy atom. The van der Waals surface area contributed by atoms with Gasteiger partial charge in [0, 0.05) is 25.6 Å². The Morgan fingerprint density at radius 3 is 2.35 bits per heavy atom. The standard InChI is InChI=1S/C26H31NO7/c1-15-6-10-20(11-7-15)34-24(19-8-9-19)17(3)32-26(30)16(2)14-21(29)23-25(33-18(4)28)22(31-5)12-13-27-23/h6-7,10-13,16-17,19,24H,8-9,14H2,1-5H3/t16-,17+,24+/m1/s1. The average molecular weight is 470 g/mol. The minimum atomic E-state index is -0.729. The van der Waals surface area contributed by atoms with Gasteiger partial charge in [-0.05, 0) is 44.7 Å². The van der Waals surface area contributed by atoms with Crippen LogP contribution in [0.25, 0.3) is 0 Å². The fraction of sp³-hybridized carbons (Fsp3) is 0.462. The molecule has 0 aliphatic heterocycles. The lowest BCUT2D eigenvalue weighted by Crippen LogP contribution is -2.36. The van der Waals surface area contributed by atoms with Gasteiger partial charge >= 0.3 is 11.9 Å². The van der Waals surface area contributed by atoms with Gasteiger partial charge in [0.25, 0.3) is 0 Å². The number of rotatable bonds is 11. The molecule has 0 saturated heterocycles. The summed E-state index contributed by atoms with van der Waals surface area (Å²) in [5.41, 5.74) is 1.07. The zero-order valence-corrected chi connectivity index (χ0v) is 20.2. The molecule has 3 rings (SSSR count). The van der Waals surface area contributed by atoms with Crippen molar-refractivity contribution in [1.29, 1.82) is 0 Å². The summed E-state index contributed by atoms with van der Waals surface area (Å²) in [6, 6.07) is 9.24. The minimum Gasteiger partial charge on any atom is -0.493 e. The van der Waals surface area contributed by atoms with E-state index in [9.17, 15) is 14.4 Å². The molecule has 1 aromatic heterocycles. The quantitative estimate of drug-likeness (QED) is 0.354. The van der Waals surface area contributed by atoms with Crippen LogP contribution >= 0.6 is 0 Å². The maximum absolute atomic E-state index is 12.9. The first-order chi connectivity index (χ1) is 16.2. The summed E-state index contributed by atoms with van der Waals surface area (Å²) in [5, 5.41) is 0. The van der Waals surface area contributed by atoms with E-state index in [2.05, 4.69) is 4.98 Å². The number of carbonyl (C=O) groups is 3. The number of ether oxygens (including phenoxy) is 4. The van der Waals surface area contributed by atoms with Crippen LogP contribution in [0.5, 0.6) is 17.2 Å². The van der Waals surface area contributed by atoms with Gasteiger partial charge in [-0.3, -0.25) is 14.4 Å². The van der Waals surface area contributed by atoms with E-state index < -0.39 is 29.7 Å². The van der Waals surface area contributed by atoms with Crippen molar-refractivity contribution in [1.82, 2.24) is 4.98 Å². The first-order valence-electron chi connectivity index (χ1n) is 11.4. The third-order valence-electron chi connectivity index (χ3n) is 5.64. The molecule has 0 bridgehead atoms. The van der Waals surface area contributed by atoms with Gasteiger partial charge in [0.05, 0.1) is 13.0 Å². The number of nitrogens with zero attached hydrogens (tertiary/aromatic N) is 1. The maximum atomic E-state index is 12.9. The number of aryl methyl sites for hydroxylation is 1. The predicted molar refractivity (Wildman–Crippen MR) is 124 cm³/mol. The Labute approximate surface area is 199 Å². The normalized spacial score (nSPS) is 15.6. The fourth-order valence-corrected chi connectivity index (χ4v) is 3.63. The van der Waals surface area contributed by atoms with Gasteiger partial charge in [0.15, 0.2) is 17.2 Å². The smallest absolute Gasteiger partial charge is 0.309 e. The van der Waals surface area contributed by atoms with E-state index in [-0.39, 0.29) is 29.7 Å². The highest BCUT2D eigenvalue weighted by Crippen LogP contribution is 2.37. The van der Waals surface area contributed by atoms with E-state index in [1.165, 1.54) is 26.3 Å². The number of pyridine rings is 1. The first-order valence-corrected chi connectivity index (χ1v) is 11.4. The molecule has 0 radical (unpaired) electrons. The molecule has 1 aromatic carbocycles. The molecule has 2 aromatic rings. The van der Waals surface area contributed by atoms with E-state index in [1.807, 2.05) is 38.1 Å². The first kappa shape index (κ1) is 25.2. The molecule has 1 saturated carbocycles. The zero-order chi connectivity index (χ0) is 24.8. The Morgan fingerprint density at radius 1 is 1.09 bits per heavy atom. The highest BCUT2D eigenvalue weighted by Gasteiger charge is 2.39. The number of aromatic nitrogens is 1. The van der Waals surface area contributed by atoms with Crippen molar-refractivity contribution in [2.24, 2.45) is 11.8 Å². The molecule has 1 aliphatic carbocycles. The SMILES string of the molecule is COc1ccnc(C(=O)C[C@@H](C)C(=O)O[C@@H](C)[C@H](Oc2ccc(C)cc2)C2CC2)c1OC(C)=O. The summed E-state index contributed by atoms with van der Waals surface area (Å²) in [6.45, 7) is 6.65. The van der Waals surface area contributed by atoms with Gasteiger partial charge in [-0.25, -0.2) is 4.98 Å². The highest BCUT2D eigenvalue weighted by atomic mass is 16.6. The van der Waals surface area contributed by atoms with Crippen LogP contribution in [0.3, 0.4) is 0 Å². The van der Waals surface area contributed by atoms with E-state index in [0.29, 0.717) is 5.92 Å². The third-order valence-corrected chi connectivity index (χ3v) is 5.64. The lowest BCUT2D eigenvalue weighted by atomic mass is 10.0. The van der Waals surface area contributed by atoms with Crippen molar-refractivity contribution in [3.8, 4) is 17.2 Å². The highest BCUT2D eigenvalue weighted by molar-refractivity contribution is 5.99. The number of esters is 2. The molecule has 0 spiro atoms. The maximum Gasteiger partial charge on any atom is 0.309 e. The Balaban J connectivity index is 1.64. The van der Waals surface area contributed by atoms with Crippen molar-refractivity contribution in [2.75, 3.05) is 7.11 Å². The van der Waals surface area contributed by atoms with E-state index >= 15 is 0 Å². The summed E-state index contributed by atoms with van der Waals surface area (Å²) < 4.78 is 22.2. The van der Waals surface area contributed by atoms with Crippen LogP contribution in [0.2, 0.25) is 0 Å². The number of ketones is 1. The number of methoxy groups -OCH3 is 1. The van der Waals surface area contributed by atoms with Crippen LogP contribution in [0.1, 0.15) is 56.1 Å². The van der Waals surface area contributed by atoms with Gasteiger partial charge < -0.3 is 18.9 Å². The summed E-state index contributed by atoms with van der Waals surface area (Å²) in [4.78, 5) is 41.2. The lowest BCUT2D eigenvalue weighted by Gasteiger charge is -2.26. The topological polar surface area (TPSA) is 101 Å². The second kappa shape index (κ2) is 11.1. The van der Waals surface area contributed by atoms with E-state index in [1.54, 1.807) is 6.92 Å². The van der Waals surface area contributed by atoms with Crippen LogP contribution in [-0.2, 0) is 14.3 Å². The number of hydrogen-bond donors (Lipinski definition) is 0. The van der Waals surface area contributed by atoms with Crippen LogP contribution in [0.15, 0.2) is 36.5 Å². The Hall–Kier alpha value is -3.42. The fourth-order valence-electron chi connectivity index (χ4n) is 3.63. The molecule has 3 atom stereocenters. The molecule has 8 heteroatoms. The number of hydrogen-bond acceptors (Lipinski definition) is 8. The van der Waals surface area contributed by atoms with E-state index in [0.717, 1.165) is 24.2 Å². The molecule has 0 N–H and O–H groups in total. The second-order valence-electron chi connectivity index (χ2n) is 8.69. The largest absolute Gasteiger partial charge is 0.493 e. The molecule has 0 amide bonds. The summed E-state index contributed by atoms with van der Waals surface area (Å²) in [6.07, 6.45) is 2.52. The number of benzene rings is 1. The van der Waals surface area contributed by atoms with Crippen molar-refractivity contribution in [2.45, 2.75) is 59.2 Å². The van der Waals surface area contributed by atoms with Gasteiger partial charge in [0.2, 0.25) is 5.75 Å². The molecule has 1 fully saturated rings. The zero-order valence-electron chi connectivity index (χ0n) is 20.2. The van der Waals surface area contributed by atoms with Crippen molar-refractivity contribution >= 4 is 17.7 Å². The van der Waals surface area contributed by atoms with Crippen molar-refractivity contribution < 1.29 is 33.3 Å². The summed E-state index contributed by atoms with van der Waals surface area (Å²) in [5.74, 6) is -1.09. The molecule has 1 aliphatic rings.